The number of methoxy groups -OCH3 is 1. The Morgan fingerprint density at radius 3 is 2.00 bits per heavy atom. The summed E-state index contributed by atoms with van der Waals surface area (Å²) >= 11 is 0. The van der Waals surface area contributed by atoms with E-state index >= 15 is 0 Å². The van der Waals surface area contributed by atoms with Crippen LogP contribution in [0.25, 0.3) is 0 Å². The van der Waals surface area contributed by atoms with E-state index in [-0.39, 0.29) is 24.0 Å². The van der Waals surface area contributed by atoms with Crippen LogP contribution in [-0.4, -0.2) is 72.4 Å². The maximum Gasteiger partial charge on any atom is 0.337 e. The van der Waals surface area contributed by atoms with E-state index < -0.39 is 0 Å². The second kappa shape index (κ2) is 21.6. The lowest BCUT2D eigenvalue weighted by Crippen LogP contribution is -2.38. The summed E-state index contributed by atoms with van der Waals surface area (Å²) in [5, 5.41) is 10.1. The number of hydrogen-bond acceptors (Lipinski definition) is 10. The zero-order chi connectivity index (χ0) is 34.6. The van der Waals surface area contributed by atoms with Crippen molar-refractivity contribution in [3.8, 4) is 11.5 Å². The molecular weight excluding hydrogens is 586 g/mol. The molecule has 0 fully saturated rings. The van der Waals surface area contributed by atoms with Gasteiger partial charge in [0.1, 0.15) is 11.5 Å². The van der Waals surface area contributed by atoms with E-state index in [1.165, 1.54) is 7.11 Å². The summed E-state index contributed by atoms with van der Waals surface area (Å²) in [7, 11) is 3.22. The molecule has 2 aromatic carbocycles. The lowest BCUT2D eigenvalue weighted by molar-refractivity contribution is -0.122. The molecule has 0 saturated carbocycles. The topological polar surface area (TPSA) is 128 Å². The molecule has 0 aliphatic rings. The highest BCUT2D eigenvalue weighted by molar-refractivity contribution is 5.89. The number of esters is 1. The van der Waals surface area contributed by atoms with E-state index in [1.54, 1.807) is 24.3 Å². The number of carbonyl (C=O) groups is 2. The van der Waals surface area contributed by atoms with Gasteiger partial charge in [0.15, 0.2) is 5.82 Å². The highest BCUT2D eigenvalue weighted by Crippen LogP contribution is 2.16. The highest BCUT2D eigenvalue weighted by atomic mass is 16.5. The van der Waals surface area contributed by atoms with Crippen molar-refractivity contribution in [1.82, 2.24) is 20.4 Å². The predicted octanol–water partition coefficient (Wildman–Crippen LogP) is 6.39. The molecule has 11 nitrogen and oxygen atoms in total. The van der Waals surface area contributed by atoms with E-state index in [2.05, 4.69) is 53.2 Å². The molecule has 0 bridgehead atoms. The first kappa shape index (κ1) is 39.9. The van der Waals surface area contributed by atoms with Gasteiger partial charge in [0.25, 0.3) is 0 Å². The SMILES string of the molecule is CC(C)Cc1nc(CN(C)CC(=O)NC(C)C)no1.CCOc1ccc(NC(C)C)cc1.COC(=O)c1ccc(OC(C)C)cc1. The van der Waals surface area contributed by atoms with Gasteiger partial charge in [-0.05, 0) is 110 Å². The third-order valence-electron chi connectivity index (χ3n) is 5.64. The average molecular weight is 642 g/mol. The van der Waals surface area contributed by atoms with Gasteiger partial charge >= 0.3 is 5.97 Å². The Hall–Kier alpha value is -4.12. The first-order chi connectivity index (χ1) is 21.7. The molecule has 2 N–H and O–H groups in total. The van der Waals surface area contributed by atoms with E-state index in [9.17, 15) is 9.59 Å². The molecule has 0 saturated heterocycles. The Kier molecular flexibility index (Phi) is 18.7. The number of anilines is 1. The zero-order valence-electron chi connectivity index (χ0n) is 29.5. The van der Waals surface area contributed by atoms with Gasteiger partial charge in [0.2, 0.25) is 11.8 Å². The van der Waals surface area contributed by atoms with Gasteiger partial charge < -0.3 is 29.4 Å². The number of nitrogens with zero attached hydrogens (tertiary/aromatic N) is 3. The molecule has 1 amide bonds. The summed E-state index contributed by atoms with van der Waals surface area (Å²) in [6, 6.07) is 15.5. The largest absolute Gasteiger partial charge is 0.494 e. The molecule has 0 unspecified atom stereocenters. The Morgan fingerprint density at radius 2 is 1.50 bits per heavy atom. The molecule has 0 aliphatic carbocycles. The van der Waals surface area contributed by atoms with Crippen LogP contribution in [0, 0.1) is 5.92 Å². The summed E-state index contributed by atoms with van der Waals surface area (Å²) in [5.41, 5.74) is 1.67. The summed E-state index contributed by atoms with van der Waals surface area (Å²) in [6.45, 7) is 19.8. The Morgan fingerprint density at radius 1 is 0.891 bits per heavy atom. The number of carbonyl (C=O) groups excluding carboxylic acids is 2. The van der Waals surface area contributed by atoms with Crippen LogP contribution >= 0.6 is 0 Å². The molecule has 256 valence electrons. The quantitative estimate of drug-likeness (QED) is 0.191. The minimum Gasteiger partial charge on any atom is -0.494 e. The van der Waals surface area contributed by atoms with Crippen molar-refractivity contribution in [1.29, 1.82) is 0 Å². The second-order valence-electron chi connectivity index (χ2n) is 12.0. The molecule has 0 spiro atoms. The molecule has 1 heterocycles. The Balaban J connectivity index is 0.000000353. The van der Waals surface area contributed by atoms with E-state index in [0.717, 1.165) is 30.2 Å². The van der Waals surface area contributed by atoms with Crippen LogP contribution in [-0.2, 0) is 22.5 Å². The van der Waals surface area contributed by atoms with E-state index in [1.807, 2.05) is 70.8 Å². The van der Waals surface area contributed by atoms with Crippen LogP contribution in [0.15, 0.2) is 53.1 Å². The normalized spacial score (nSPS) is 10.7. The lowest BCUT2D eigenvalue weighted by atomic mass is 10.1. The number of benzene rings is 2. The zero-order valence-corrected chi connectivity index (χ0v) is 29.5. The number of amides is 1. The van der Waals surface area contributed by atoms with Crippen molar-refractivity contribution < 1.29 is 28.3 Å². The average Bonchev–Trinajstić information content (AvgIpc) is 3.39. The Bertz CT molecular complexity index is 1260. The van der Waals surface area contributed by atoms with Gasteiger partial charge in [0, 0.05) is 24.2 Å². The maximum atomic E-state index is 11.6. The van der Waals surface area contributed by atoms with Crippen molar-refractivity contribution in [3.63, 3.8) is 0 Å². The summed E-state index contributed by atoms with van der Waals surface area (Å²) in [6.07, 6.45) is 0.920. The van der Waals surface area contributed by atoms with Crippen LogP contribution < -0.4 is 20.1 Å². The minimum atomic E-state index is -0.332. The van der Waals surface area contributed by atoms with Crippen LogP contribution in [0.1, 0.15) is 84.4 Å². The molecule has 0 radical (unpaired) electrons. The smallest absolute Gasteiger partial charge is 0.337 e. The number of nitrogens with one attached hydrogen (secondary N) is 2. The van der Waals surface area contributed by atoms with E-state index in [0.29, 0.717) is 42.3 Å². The van der Waals surface area contributed by atoms with Crippen LogP contribution in [0.4, 0.5) is 5.69 Å². The molecule has 0 atom stereocenters. The molecule has 0 aliphatic heterocycles. The van der Waals surface area contributed by atoms with Gasteiger partial charge in [-0.3, -0.25) is 9.69 Å². The molecule has 3 rings (SSSR count). The van der Waals surface area contributed by atoms with Crippen LogP contribution in [0.2, 0.25) is 0 Å². The Labute approximate surface area is 275 Å². The van der Waals surface area contributed by atoms with Gasteiger partial charge in [-0.2, -0.15) is 4.98 Å². The van der Waals surface area contributed by atoms with Crippen LogP contribution in [0.5, 0.6) is 11.5 Å². The maximum absolute atomic E-state index is 11.6. The van der Waals surface area contributed by atoms with Crippen LogP contribution in [0.3, 0.4) is 0 Å². The molecule has 3 aromatic rings. The van der Waals surface area contributed by atoms with Gasteiger partial charge in [0.05, 0.1) is 38.5 Å². The highest BCUT2D eigenvalue weighted by Gasteiger charge is 2.13. The summed E-state index contributed by atoms with van der Waals surface area (Å²) < 4.78 is 20.5. The fourth-order valence-electron chi connectivity index (χ4n) is 3.90. The third kappa shape index (κ3) is 18.0. The van der Waals surface area contributed by atoms with E-state index in [4.69, 9.17) is 14.0 Å². The minimum absolute atomic E-state index is 0.00315. The van der Waals surface area contributed by atoms with Gasteiger partial charge in [-0.15, -0.1) is 0 Å². The first-order valence-corrected chi connectivity index (χ1v) is 15.9. The van der Waals surface area contributed by atoms with Crippen molar-refractivity contribution >= 4 is 17.6 Å². The molecule has 1 aromatic heterocycles. The van der Waals surface area contributed by atoms with Crippen molar-refractivity contribution in [2.24, 2.45) is 5.92 Å². The first-order valence-electron chi connectivity index (χ1n) is 15.9. The number of likely N-dealkylation sites (N-methyl/N-ethyl adjacent to an activating group) is 1. The summed E-state index contributed by atoms with van der Waals surface area (Å²) in [4.78, 5) is 28.8. The van der Waals surface area contributed by atoms with Crippen molar-refractivity contribution in [2.45, 2.75) is 93.5 Å². The fraction of sp³-hybridized carbons (Fsp3) is 0.543. The standard InChI is InChI=1S/C13H24N4O2.C11H17NO.C11H14O3/c1-9(2)6-13-15-11(16-19-13)7-17(5)8-12(18)14-10(3)4;1-4-13-11-7-5-10(6-8-11)12-9(2)3;1-8(2)14-10-6-4-9(5-7-10)11(12)13-3/h9-10H,6-8H2,1-5H3,(H,14,18);5-9,12H,4H2,1-3H3;4-8H,1-3H3. The second-order valence-corrected chi connectivity index (χ2v) is 12.0. The monoisotopic (exact) mass is 641 g/mol. The summed E-state index contributed by atoms with van der Waals surface area (Å²) in [5.74, 6) is 3.12. The molecule has 11 heteroatoms. The number of hydrogen-bond donors (Lipinski definition) is 2. The number of aromatic nitrogens is 2. The lowest BCUT2D eigenvalue weighted by Gasteiger charge is -2.15. The predicted molar refractivity (Wildman–Crippen MR) is 182 cm³/mol. The van der Waals surface area contributed by atoms with Crippen molar-refractivity contribution in [2.75, 3.05) is 32.6 Å². The third-order valence-corrected chi connectivity index (χ3v) is 5.64. The molecule has 46 heavy (non-hydrogen) atoms. The van der Waals surface area contributed by atoms with Crippen molar-refractivity contribution in [3.05, 3.63) is 65.8 Å². The van der Waals surface area contributed by atoms with Gasteiger partial charge in [-0.1, -0.05) is 19.0 Å². The number of rotatable bonds is 14. The fourth-order valence-corrected chi connectivity index (χ4v) is 3.90. The van der Waals surface area contributed by atoms with Gasteiger partial charge in [-0.25, -0.2) is 4.79 Å². The molecular formula is C35H55N5O6. The number of ether oxygens (including phenoxy) is 3.